The van der Waals surface area contributed by atoms with Crippen LogP contribution in [0.15, 0.2) is 28.1 Å². The summed E-state index contributed by atoms with van der Waals surface area (Å²) < 4.78 is 0.472. The van der Waals surface area contributed by atoms with Gasteiger partial charge in [-0.15, -0.1) is 11.3 Å². The SMILES string of the molecule is CCc1nc(CN(C)CC(=O)Nc2ccc([N+](=O)[O-])cc2Br)cs1. The van der Waals surface area contributed by atoms with Crippen molar-refractivity contribution in [3.8, 4) is 0 Å². The maximum atomic E-state index is 12.1. The van der Waals surface area contributed by atoms with Crippen molar-refractivity contribution >= 4 is 44.5 Å². The van der Waals surface area contributed by atoms with Gasteiger partial charge in [0.15, 0.2) is 0 Å². The van der Waals surface area contributed by atoms with Gasteiger partial charge in [-0.3, -0.25) is 19.8 Å². The highest BCUT2D eigenvalue weighted by molar-refractivity contribution is 9.10. The summed E-state index contributed by atoms with van der Waals surface area (Å²) in [7, 11) is 1.84. The summed E-state index contributed by atoms with van der Waals surface area (Å²) in [6.07, 6.45) is 0.906. The molecule has 0 atom stereocenters. The molecule has 1 heterocycles. The number of hydrogen-bond acceptors (Lipinski definition) is 6. The highest BCUT2D eigenvalue weighted by Crippen LogP contribution is 2.27. The molecule has 1 aromatic heterocycles. The van der Waals surface area contributed by atoms with E-state index in [1.165, 1.54) is 18.2 Å². The lowest BCUT2D eigenvalue weighted by Crippen LogP contribution is -2.30. The molecule has 1 amide bonds. The third-order valence-electron chi connectivity index (χ3n) is 3.18. The predicted molar refractivity (Wildman–Crippen MR) is 97.3 cm³/mol. The molecule has 0 aliphatic rings. The van der Waals surface area contributed by atoms with Gasteiger partial charge in [-0.2, -0.15) is 0 Å². The third kappa shape index (κ3) is 5.08. The van der Waals surface area contributed by atoms with E-state index >= 15 is 0 Å². The maximum absolute atomic E-state index is 12.1. The number of aromatic nitrogens is 1. The summed E-state index contributed by atoms with van der Waals surface area (Å²) in [4.78, 5) is 28.7. The average Bonchev–Trinajstić information content (AvgIpc) is 2.96. The van der Waals surface area contributed by atoms with Crippen LogP contribution in [0.1, 0.15) is 17.6 Å². The van der Waals surface area contributed by atoms with Crippen LogP contribution in [0.2, 0.25) is 0 Å². The van der Waals surface area contributed by atoms with Gasteiger partial charge in [0.25, 0.3) is 5.69 Å². The Bertz CT molecular complexity index is 750. The molecule has 0 unspecified atom stereocenters. The molecule has 0 bridgehead atoms. The second kappa shape index (κ2) is 8.32. The lowest BCUT2D eigenvalue weighted by molar-refractivity contribution is -0.384. The van der Waals surface area contributed by atoms with E-state index in [9.17, 15) is 14.9 Å². The third-order valence-corrected chi connectivity index (χ3v) is 4.88. The van der Waals surface area contributed by atoms with Gasteiger partial charge >= 0.3 is 0 Å². The molecule has 0 aliphatic carbocycles. The van der Waals surface area contributed by atoms with Gasteiger partial charge < -0.3 is 5.32 Å². The first-order chi connectivity index (χ1) is 11.4. The van der Waals surface area contributed by atoms with Crippen molar-refractivity contribution in [1.29, 1.82) is 0 Å². The Balaban J connectivity index is 1.91. The Morgan fingerprint density at radius 2 is 2.25 bits per heavy atom. The van der Waals surface area contributed by atoms with Crippen molar-refractivity contribution in [1.82, 2.24) is 9.88 Å². The fourth-order valence-corrected chi connectivity index (χ4v) is 3.27. The zero-order chi connectivity index (χ0) is 17.7. The summed E-state index contributed by atoms with van der Waals surface area (Å²) in [5.41, 5.74) is 1.41. The van der Waals surface area contributed by atoms with Crippen molar-refractivity contribution in [3.63, 3.8) is 0 Å². The molecule has 128 valence electrons. The van der Waals surface area contributed by atoms with Crippen LogP contribution in [-0.2, 0) is 17.8 Å². The summed E-state index contributed by atoms with van der Waals surface area (Å²) in [6, 6.07) is 4.22. The van der Waals surface area contributed by atoms with Gasteiger partial charge in [0.2, 0.25) is 5.91 Å². The summed E-state index contributed by atoms with van der Waals surface area (Å²) >= 11 is 4.85. The first kappa shape index (κ1) is 18.5. The van der Waals surface area contributed by atoms with Gasteiger partial charge in [0.05, 0.1) is 27.9 Å². The van der Waals surface area contributed by atoms with Crippen molar-refractivity contribution in [2.45, 2.75) is 19.9 Å². The van der Waals surface area contributed by atoms with E-state index < -0.39 is 4.92 Å². The Hall–Kier alpha value is -1.84. The van der Waals surface area contributed by atoms with E-state index in [0.717, 1.165) is 17.1 Å². The highest BCUT2D eigenvalue weighted by atomic mass is 79.9. The van der Waals surface area contributed by atoms with E-state index in [1.54, 1.807) is 11.3 Å². The van der Waals surface area contributed by atoms with Crippen LogP contribution in [0, 0.1) is 10.1 Å². The number of aryl methyl sites for hydroxylation is 1. The number of amides is 1. The van der Waals surface area contributed by atoms with Gasteiger partial charge in [-0.1, -0.05) is 6.92 Å². The van der Waals surface area contributed by atoms with Crippen LogP contribution >= 0.6 is 27.3 Å². The average molecular weight is 413 g/mol. The molecule has 7 nitrogen and oxygen atoms in total. The quantitative estimate of drug-likeness (QED) is 0.555. The van der Waals surface area contributed by atoms with E-state index in [4.69, 9.17) is 0 Å². The van der Waals surface area contributed by atoms with E-state index in [0.29, 0.717) is 16.7 Å². The number of nitro groups is 1. The number of benzene rings is 1. The smallest absolute Gasteiger partial charge is 0.270 e. The number of hydrogen-bond donors (Lipinski definition) is 1. The number of nitrogens with one attached hydrogen (secondary N) is 1. The lowest BCUT2D eigenvalue weighted by Gasteiger charge is -2.15. The standard InChI is InChI=1S/C15H17BrN4O3S/c1-3-15-17-10(9-24-15)7-19(2)8-14(21)18-13-5-4-11(20(22)23)6-12(13)16/h4-6,9H,3,7-8H2,1-2H3,(H,18,21). The zero-order valence-electron chi connectivity index (χ0n) is 13.3. The molecule has 0 fully saturated rings. The molecule has 2 rings (SSSR count). The summed E-state index contributed by atoms with van der Waals surface area (Å²) in [5, 5.41) is 16.5. The van der Waals surface area contributed by atoms with E-state index in [2.05, 4.69) is 33.2 Å². The minimum Gasteiger partial charge on any atom is -0.324 e. The van der Waals surface area contributed by atoms with Crippen LogP contribution in [0.4, 0.5) is 11.4 Å². The van der Waals surface area contributed by atoms with Crippen molar-refractivity contribution < 1.29 is 9.72 Å². The van der Waals surface area contributed by atoms with Crippen LogP contribution in [0.5, 0.6) is 0 Å². The number of anilines is 1. The zero-order valence-corrected chi connectivity index (χ0v) is 15.7. The van der Waals surface area contributed by atoms with Gasteiger partial charge in [0.1, 0.15) is 0 Å². The molecule has 24 heavy (non-hydrogen) atoms. The molecular formula is C15H17BrN4O3S. The second-order valence-corrected chi connectivity index (χ2v) is 7.02. The van der Waals surface area contributed by atoms with Crippen molar-refractivity contribution in [2.24, 2.45) is 0 Å². The first-order valence-corrected chi connectivity index (χ1v) is 8.92. The monoisotopic (exact) mass is 412 g/mol. The number of nitrogens with zero attached hydrogens (tertiary/aromatic N) is 3. The van der Waals surface area contributed by atoms with Crippen LogP contribution in [0.25, 0.3) is 0 Å². The minimum absolute atomic E-state index is 0.0350. The Kier molecular flexibility index (Phi) is 6.41. The number of rotatable bonds is 7. The van der Waals surface area contributed by atoms with Crippen molar-refractivity contribution in [2.75, 3.05) is 18.9 Å². The molecule has 9 heteroatoms. The van der Waals surface area contributed by atoms with E-state index in [-0.39, 0.29) is 18.1 Å². The number of carbonyl (C=O) groups excluding carboxylic acids is 1. The molecule has 0 saturated carbocycles. The number of halogens is 1. The molecule has 0 aliphatic heterocycles. The van der Waals surface area contributed by atoms with Crippen molar-refractivity contribution in [3.05, 3.63) is 48.9 Å². The number of likely N-dealkylation sites (N-methyl/N-ethyl adjacent to an activating group) is 1. The largest absolute Gasteiger partial charge is 0.324 e. The fraction of sp³-hybridized carbons (Fsp3) is 0.333. The molecule has 1 N–H and O–H groups in total. The molecule has 0 radical (unpaired) electrons. The maximum Gasteiger partial charge on any atom is 0.270 e. The molecule has 0 saturated heterocycles. The summed E-state index contributed by atoms with van der Waals surface area (Å²) in [6.45, 7) is 2.84. The highest BCUT2D eigenvalue weighted by Gasteiger charge is 2.13. The Labute approximate surface area is 152 Å². The normalized spacial score (nSPS) is 10.8. The van der Waals surface area contributed by atoms with Crippen LogP contribution in [0.3, 0.4) is 0 Å². The van der Waals surface area contributed by atoms with Crippen LogP contribution < -0.4 is 5.32 Å². The fourth-order valence-electron chi connectivity index (χ4n) is 2.07. The molecule has 2 aromatic rings. The van der Waals surface area contributed by atoms with Gasteiger partial charge in [-0.25, -0.2) is 4.98 Å². The number of carbonyl (C=O) groups is 1. The molecule has 1 aromatic carbocycles. The van der Waals surface area contributed by atoms with E-state index in [1.807, 2.05) is 17.3 Å². The summed E-state index contributed by atoms with van der Waals surface area (Å²) in [5.74, 6) is -0.196. The minimum atomic E-state index is -0.484. The van der Waals surface area contributed by atoms with Gasteiger partial charge in [-0.05, 0) is 35.5 Å². The predicted octanol–water partition coefficient (Wildman–Crippen LogP) is 3.45. The van der Waals surface area contributed by atoms with Crippen LogP contribution in [-0.4, -0.2) is 34.3 Å². The lowest BCUT2D eigenvalue weighted by atomic mass is 10.3. The molecule has 0 spiro atoms. The number of thiazole rings is 1. The Morgan fingerprint density at radius 3 is 2.83 bits per heavy atom. The number of nitro benzene ring substituents is 1. The number of non-ortho nitro benzene ring substituents is 1. The topological polar surface area (TPSA) is 88.4 Å². The Morgan fingerprint density at radius 1 is 1.50 bits per heavy atom. The first-order valence-electron chi connectivity index (χ1n) is 7.24. The molecular weight excluding hydrogens is 396 g/mol. The second-order valence-electron chi connectivity index (χ2n) is 5.23. The van der Waals surface area contributed by atoms with Gasteiger partial charge in [0, 0.05) is 28.5 Å².